The van der Waals surface area contributed by atoms with E-state index >= 15 is 0 Å². The van der Waals surface area contributed by atoms with Gasteiger partial charge in [0.25, 0.3) is 5.56 Å². The first-order valence-electron chi connectivity index (χ1n) is 10.9. The summed E-state index contributed by atoms with van der Waals surface area (Å²) in [5.41, 5.74) is 2.85. The van der Waals surface area contributed by atoms with Crippen molar-refractivity contribution in [2.45, 2.75) is 6.61 Å². The Morgan fingerprint density at radius 1 is 0.886 bits per heavy atom. The molecule has 0 radical (unpaired) electrons. The summed E-state index contributed by atoms with van der Waals surface area (Å²) in [6.07, 6.45) is 1.58. The molecule has 5 rings (SSSR count). The molecule has 0 spiro atoms. The van der Waals surface area contributed by atoms with Crippen molar-refractivity contribution < 1.29 is 4.74 Å². The smallest absolute Gasteiger partial charge is 0.282 e. The predicted molar refractivity (Wildman–Crippen MR) is 142 cm³/mol. The van der Waals surface area contributed by atoms with E-state index in [1.54, 1.807) is 24.4 Å². The van der Waals surface area contributed by atoms with Gasteiger partial charge in [-0.1, -0.05) is 77.8 Å². The topological polar surface area (TPSA) is 56.5 Å². The Labute approximate surface area is 211 Å². The van der Waals surface area contributed by atoms with Gasteiger partial charge in [0.1, 0.15) is 12.4 Å². The number of hydrogen-bond donors (Lipinski definition) is 0. The summed E-state index contributed by atoms with van der Waals surface area (Å²) in [7, 11) is 0. The van der Waals surface area contributed by atoms with Crippen molar-refractivity contribution in [3.8, 4) is 17.1 Å². The molecule has 0 aliphatic carbocycles. The van der Waals surface area contributed by atoms with E-state index in [2.05, 4.69) is 5.10 Å². The van der Waals surface area contributed by atoms with Crippen molar-refractivity contribution in [2.24, 2.45) is 5.10 Å². The van der Waals surface area contributed by atoms with Crippen LogP contribution < -0.4 is 10.3 Å². The van der Waals surface area contributed by atoms with E-state index in [9.17, 15) is 4.79 Å². The van der Waals surface area contributed by atoms with Crippen LogP contribution in [0.5, 0.6) is 5.75 Å². The van der Waals surface area contributed by atoms with Gasteiger partial charge in [0.2, 0.25) is 0 Å². The second kappa shape index (κ2) is 10.1. The molecule has 0 unspecified atom stereocenters. The molecule has 0 fully saturated rings. The third-order valence-corrected chi connectivity index (χ3v) is 5.92. The molecule has 5 aromatic rings. The molecule has 7 heteroatoms. The Morgan fingerprint density at radius 2 is 1.63 bits per heavy atom. The lowest BCUT2D eigenvalue weighted by Crippen LogP contribution is -2.20. The molecule has 0 atom stereocenters. The van der Waals surface area contributed by atoms with Crippen LogP contribution in [0.1, 0.15) is 11.1 Å². The highest BCUT2D eigenvalue weighted by molar-refractivity contribution is 6.32. The van der Waals surface area contributed by atoms with Crippen molar-refractivity contribution >= 4 is 40.3 Å². The molecular formula is C28H19Cl2N3O2. The molecule has 35 heavy (non-hydrogen) atoms. The fourth-order valence-electron chi connectivity index (χ4n) is 3.59. The molecule has 4 aromatic carbocycles. The number of ether oxygens (including phenoxy) is 1. The number of benzene rings is 4. The van der Waals surface area contributed by atoms with Gasteiger partial charge in [-0.2, -0.15) is 9.78 Å². The zero-order valence-corrected chi connectivity index (χ0v) is 19.9. The maximum absolute atomic E-state index is 13.3. The van der Waals surface area contributed by atoms with Crippen molar-refractivity contribution in [1.29, 1.82) is 0 Å². The molecule has 0 N–H and O–H groups in total. The molecule has 0 aliphatic heterocycles. The number of para-hydroxylation sites is 1. The summed E-state index contributed by atoms with van der Waals surface area (Å²) in [6.45, 7) is 0.364. The molecule has 0 aliphatic rings. The van der Waals surface area contributed by atoms with Crippen molar-refractivity contribution in [3.05, 3.63) is 129 Å². The monoisotopic (exact) mass is 499 g/mol. The summed E-state index contributed by atoms with van der Waals surface area (Å²) in [5.74, 6) is 1.01. The van der Waals surface area contributed by atoms with E-state index in [4.69, 9.17) is 32.9 Å². The third-order valence-electron chi connectivity index (χ3n) is 5.37. The SMILES string of the molecule is O=c1c2ccccc2nc(-c2ccccc2)n1N=Cc1ccc(OCc2ccc(Cl)cc2)c(Cl)c1. The zero-order chi connectivity index (χ0) is 24.2. The number of halogens is 2. The predicted octanol–water partition coefficient (Wildman–Crippen LogP) is 6.83. The van der Waals surface area contributed by atoms with Gasteiger partial charge in [0.15, 0.2) is 5.82 Å². The Balaban J connectivity index is 1.45. The van der Waals surface area contributed by atoms with Gasteiger partial charge in [-0.15, -0.1) is 0 Å². The largest absolute Gasteiger partial charge is 0.487 e. The van der Waals surface area contributed by atoms with E-state index in [1.165, 1.54) is 4.68 Å². The molecule has 0 saturated heterocycles. The van der Waals surface area contributed by atoms with Gasteiger partial charge in [-0.25, -0.2) is 4.98 Å². The van der Waals surface area contributed by atoms with Crippen LogP contribution in [0.2, 0.25) is 10.0 Å². The Bertz CT molecular complexity index is 1580. The highest BCUT2D eigenvalue weighted by Gasteiger charge is 2.12. The van der Waals surface area contributed by atoms with Crippen LogP contribution in [-0.4, -0.2) is 15.9 Å². The van der Waals surface area contributed by atoms with E-state index < -0.39 is 0 Å². The first-order valence-corrected chi connectivity index (χ1v) is 11.6. The van der Waals surface area contributed by atoms with Crippen LogP contribution in [0.15, 0.2) is 107 Å². The van der Waals surface area contributed by atoms with Gasteiger partial charge < -0.3 is 4.74 Å². The molecule has 0 saturated carbocycles. The first kappa shape index (κ1) is 22.8. The van der Waals surface area contributed by atoms with E-state index in [1.807, 2.05) is 78.9 Å². The molecule has 5 nitrogen and oxygen atoms in total. The summed E-state index contributed by atoms with van der Waals surface area (Å²) in [5, 5.41) is 6.09. The Hall–Kier alpha value is -3.93. The Morgan fingerprint density at radius 3 is 2.40 bits per heavy atom. The minimum Gasteiger partial charge on any atom is -0.487 e. The first-order chi connectivity index (χ1) is 17.1. The molecule has 172 valence electrons. The number of rotatable bonds is 6. The normalized spacial score (nSPS) is 11.3. The lowest BCUT2D eigenvalue weighted by atomic mass is 10.2. The molecule has 0 bridgehead atoms. The van der Waals surface area contributed by atoms with Crippen LogP contribution in [0.4, 0.5) is 0 Å². The number of nitrogens with zero attached hydrogens (tertiary/aromatic N) is 3. The number of hydrogen-bond acceptors (Lipinski definition) is 4. The summed E-state index contributed by atoms with van der Waals surface area (Å²) in [4.78, 5) is 18.0. The Kier molecular flexibility index (Phi) is 6.62. The van der Waals surface area contributed by atoms with Gasteiger partial charge in [-0.05, 0) is 53.6 Å². The van der Waals surface area contributed by atoms with Crippen LogP contribution >= 0.6 is 23.2 Å². The average molecular weight is 500 g/mol. The second-order valence-electron chi connectivity index (χ2n) is 7.79. The van der Waals surface area contributed by atoms with Gasteiger partial charge >= 0.3 is 0 Å². The van der Waals surface area contributed by atoms with Gasteiger partial charge in [0.05, 0.1) is 22.1 Å². The van der Waals surface area contributed by atoms with Crippen molar-refractivity contribution in [1.82, 2.24) is 9.66 Å². The standard InChI is InChI=1S/C28H19Cl2N3O2/c29-22-13-10-19(11-14-22)18-35-26-15-12-20(16-24(26)30)17-31-33-27(21-6-2-1-3-7-21)32-25-9-5-4-8-23(25)28(33)34/h1-17H,18H2. The molecular weight excluding hydrogens is 481 g/mol. The van der Waals surface area contributed by atoms with E-state index in [0.29, 0.717) is 44.7 Å². The molecule has 1 heterocycles. The minimum absolute atomic E-state index is 0.250. The van der Waals surface area contributed by atoms with Gasteiger partial charge in [-0.3, -0.25) is 4.79 Å². The molecule has 0 amide bonds. The summed E-state index contributed by atoms with van der Waals surface area (Å²) in [6, 6.07) is 29.5. The van der Waals surface area contributed by atoms with Crippen LogP contribution in [-0.2, 0) is 6.61 Å². The summed E-state index contributed by atoms with van der Waals surface area (Å²) < 4.78 is 7.16. The molecule has 1 aromatic heterocycles. The lowest BCUT2D eigenvalue weighted by Gasteiger charge is -2.10. The van der Waals surface area contributed by atoms with Crippen molar-refractivity contribution in [2.75, 3.05) is 0 Å². The van der Waals surface area contributed by atoms with Crippen molar-refractivity contribution in [3.63, 3.8) is 0 Å². The van der Waals surface area contributed by atoms with Crippen LogP contribution in [0.3, 0.4) is 0 Å². The van der Waals surface area contributed by atoms with Gasteiger partial charge in [0, 0.05) is 10.6 Å². The van der Waals surface area contributed by atoms with E-state index in [-0.39, 0.29) is 5.56 Å². The van der Waals surface area contributed by atoms with Crippen LogP contribution in [0, 0.1) is 0 Å². The minimum atomic E-state index is -0.250. The maximum Gasteiger partial charge on any atom is 0.282 e. The summed E-state index contributed by atoms with van der Waals surface area (Å²) >= 11 is 12.4. The quantitative estimate of drug-likeness (QED) is 0.240. The van der Waals surface area contributed by atoms with E-state index in [0.717, 1.165) is 11.1 Å². The zero-order valence-electron chi connectivity index (χ0n) is 18.4. The lowest BCUT2D eigenvalue weighted by molar-refractivity contribution is 0.306. The van der Waals surface area contributed by atoms with Crippen LogP contribution in [0.25, 0.3) is 22.3 Å². The fraction of sp³-hybridized carbons (Fsp3) is 0.0357. The highest BCUT2D eigenvalue weighted by atomic mass is 35.5. The number of fused-ring (bicyclic) bond motifs is 1. The third kappa shape index (κ3) is 5.11. The number of aromatic nitrogens is 2. The second-order valence-corrected chi connectivity index (χ2v) is 8.63. The average Bonchev–Trinajstić information content (AvgIpc) is 2.89. The maximum atomic E-state index is 13.3. The highest BCUT2D eigenvalue weighted by Crippen LogP contribution is 2.26. The fourth-order valence-corrected chi connectivity index (χ4v) is 3.95.